The lowest BCUT2D eigenvalue weighted by Gasteiger charge is -2.20. The molecule has 156 valence electrons. The SMILES string of the molecule is Cc1nc(N(C)c2ccc(OCc3ccc(C(=O)NO)cc3)cc2)c2ccccc2n1. The molecule has 1 aromatic heterocycles. The molecule has 7 heteroatoms. The summed E-state index contributed by atoms with van der Waals surface area (Å²) in [4.78, 5) is 22.6. The van der Waals surface area contributed by atoms with Gasteiger partial charge in [-0.1, -0.05) is 24.3 Å². The van der Waals surface area contributed by atoms with Gasteiger partial charge >= 0.3 is 0 Å². The van der Waals surface area contributed by atoms with Crippen LogP contribution >= 0.6 is 0 Å². The molecule has 7 nitrogen and oxygen atoms in total. The third kappa shape index (κ3) is 4.46. The zero-order chi connectivity index (χ0) is 21.8. The van der Waals surface area contributed by atoms with Crippen molar-refractivity contribution in [2.75, 3.05) is 11.9 Å². The van der Waals surface area contributed by atoms with Crippen molar-refractivity contribution in [3.05, 3.63) is 89.7 Å². The van der Waals surface area contributed by atoms with E-state index in [2.05, 4.69) is 9.97 Å². The van der Waals surface area contributed by atoms with Gasteiger partial charge in [0.05, 0.1) is 5.52 Å². The second-order valence-corrected chi connectivity index (χ2v) is 7.09. The number of ether oxygens (including phenoxy) is 1. The second-order valence-electron chi connectivity index (χ2n) is 7.09. The molecule has 0 saturated heterocycles. The van der Waals surface area contributed by atoms with Crippen molar-refractivity contribution in [2.45, 2.75) is 13.5 Å². The van der Waals surface area contributed by atoms with Gasteiger partial charge in [0, 0.05) is 23.7 Å². The summed E-state index contributed by atoms with van der Waals surface area (Å²) in [5.74, 6) is 1.77. The lowest BCUT2D eigenvalue weighted by molar-refractivity contribution is 0.0706. The minimum Gasteiger partial charge on any atom is -0.489 e. The zero-order valence-corrected chi connectivity index (χ0v) is 17.2. The number of nitrogens with one attached hydrogen (secondary N) is 1. The topological polar surface area (TPSA) is 87.6 Å². The number of fused-ring (bicyclic) bond motifs is 1. The molecule has 0 fully saturated rings. The summed E-state index contributed by atoms with van der Waals surface area (Å²) in [6.07, 6.45) is 0. The Morgan fingerprint density at radius 1 is 1.00 bits per heavy atom. The van der Waals surface area contributed by atoms with Crippen molar-refractivity contribution >= 4 is 28.3 Å². The molecular formula is C24H22N4O3. The fourth-order valence-electron chi connectivity index (χ4n) is 3.30. The van der Waals surface area contributed by atoms with E-state index in [1.807, 2.05) is 67.4 Å². The van der Waals surface area contributed by atoms with Gasteiger partial charge in [0.25, 0.3) is 5.91 Å². The van der Waals surface area contributed by atoms with E-state index in [1.165, 1.54) is 0 Å². The van der Waals surface area contributed by atoms with Crippen LogP contribution in [0.3, 0.4) is 0 Å². The Balaban J connectivity index is 1.47. The first-order valence-corrected chi connectivity index (χ1v) is 9.78. The van der Waals surface area contributed by atoms with Crippen LogP contribution in [0.2, 0.25) is 0 Å². The molecule has 0 aliphatic carbocycles. The van der Waals surface area contributed by atoms with Gasteiger partial charge in [0.15, 0.2) is 0 Å². The van der Waals surface area contributed by atoms with Crippen LogP contribution in [0.25, 0.3) is 10.9 Å². The predicted octanol–water partition coefficient (Wildman–Crippen LogP) is 4.40. The molecule has 0 unspecified atom stereocenters. The highest BCUT2D eigenvalue weighted by atomic mass is 16.5. The smallest absolute Gasteiger partial charge is 0.274 e. The predicted molar refractivity (Wildman–Crippen MR) is 119 cm³/mol. The molecule has 0 atom stereocenters. The van der Waals surface area contributed by atoms with E-state index in [-0.39, 0.29) is 0 Å². The number of carbonyl (C=O) groups excluding carboxylic acids is 1. The van der Waals surface area contributed by atoms with Crippen LogP contribution in [-0.4, -0.2) is 28.1 Å². The minimum absolute atomic E-state index is 0.367. The number of aryl methyl sites for hydroxylation is 1. The average Bonchev–Trinajstić information content (AvgIpc) is 2.82. The number of anilines is 2. The first-order chi connectivity index (χ1) is 15.0. The number of benzene rings is 3. The summed E-state index contributed by atoms with van der Waals surface area (Å²) in [6, 6.07) is 22.6. The molecule has 1 heterocycles. The van der Waals surface area contributed by atoms with Crippen molar-refractivity contribution in [1.29, 1.82) is 0 Å². The van der Waals surface area contributed by atoms with Crippen LogP contribution in [0, 0.1) is 6.92 Å². The maximum absolute atomic E-state index is 11.4. The number of hydrogen-bond acceptors (Lipinski definition) is 6. The molecule has 4 rings (SSSR count). The molecule has 4 aromatic rings. The fraction of sp³-hybridized carbons (Fsp3) is 0.125. The Labute approximate surface area is 179 Å². The van der Waals surface area contributed by atoms with E-state index in [0.29, 0.717) is 12.2 Å². The summed E-state index contributed by atoms with van der Waals surface area (Å²) in [7, 11) is 1.98. The lowest BCUT2D eigenvalue weighted by atomic mass is 10.1. The number of para-hydroxylation sites is 1. The molecule has 3 aromatic carbocycles. The highest BCUT2D eigenvalue weighted by Crippen LogP contribution is 2.29. The average molecular weight is 414 g/mol. The molecule has 0 spiro atoms. The third-order valence-corrected chi connectivity index (χ3v) is 4.96. The van der Waals surface area contributed by atoms with Crippen molar-refractivity contribution in [1.82, 2.24) is 15.4 Å². The minimum atomic E-state index is -0.543. The standard InChI is InChI=1S/C24H22N4O3/c1-16-25-22-6-4-3-5-21(22)23(26-16)28(2)19-11-13-20(14-12-19)31-15-17-7-9-18(10-8-17)24(29)27-30/h3-14,30H,15H2,1-2H3,(H,27,29). The number of nitrogens with zero attached hydrogens (tertiary/aromatic N) is 3. The quantitative estimate of drug-likeness (QED) is 0.359. The number of hydrogen-bond donors (Lipinski definition) is 2. The second kappa shape index (κ2) is 8.81. The van der Waals surface area contributed by atoms with Crippen LogP contribution < -0.4 is 15.1 Å². The molecule has 0 bridgehead atoms. The van der Waals surface area contributed by atoms with E-state index in [0.717, 1.165) is 39.5 Å². The first kappa shape index (κ1) is 20.3. The summed E-state index contributed by atoms with van der Waals surface area (Å²) in [5, 5.41) is 9.67. The van der Waals surface area contributed by atoms with Gasteiger partial charge in [-0.3, -0.25) is 10.0 Å². The molecule has 2 N–H and O–H groups in total. The molecule has 0 aliphatic rings. The largest absolute Gasteiger partial charge is 0.489 e. The van der Waals surface area contributed by atoms with Gasteiger partial charge in [-0.25, -0.2) is 15.4 Å². The number of carbonyl (C=O) groups is 1. The van der Waals surface area contributed by atoms with Crippen LogP contribution in [0.15, 0.2) is 72.8 Å². The number of amides is 1. The monoisotopic (exact) mass is 414 g/mol. The van der Waals surface area contributed by atoms with Crippen molar-refractivity contribution < 1.29 is 14.7 Å². The van der Waals surface area contributed by atoms with Gasteiger partial charge in [0.2, 0.25) is 0 Å². The number of aromatic nitrogens is 2. The Hall–Kier alpha value is -3.97. The maximum Gasteiger partial charge on any atom is 0.274 e. The Morgan fingerprint density at radius 2 is 1.71 bits per heavy atom. The molecule has 31 heavy (non-hydrogen) atoms. The Bertz CT molecular complexity index is 1210. The van der Waals surface area contributed by atoms with Crippen LogP contribution in [0.1, 0.15) is 21.7 Å². The molecule has 0 saturated carbocycles. The third-order valence-electron chi connectivity index (χ3n) is 4.96. The number of rotatable bonds is 6. The van der Waals surface area contributed by atoms with Crippen LogP contribution in [0.4, 0.5) is 11.5 Å². The fourth-order valence-corrected chi connectivity index (χ4v) is 3.30. The summed E-state index contributed by atoms with van der Waals surface area (Å²) < 4.78 is 5.85. The van der Waals surface area contributed by atoms with Gasteiger partial charge in [-0.15, -0.1) is 0 Å². The van der Waals surface area contributed by atoms with Gasteiger partial charge in [-0.05, 0) is 61.0 Å². The van der Waals surface area contributed by atoms with Crippen molar-refractivity contribution in [2.24, 2.45) is 0 Å². The molecule has 0 radical (unpaired) electrons. The van der Waals surface area contributed by atoms with E-state index in [4.69, 9.17) is 9.94 Å². The zero-order valence-electron chi connectivity index (χ0n) is 17.2. The highest BCUT2D eigenvalue weighted by Gasteiger charge is 2.12. The van der Waals surface area contributed by atoms with E-state index >= 15 is 0 Å². The van der Waals surface area contributed by atoms with Crippen molar-refractivity contribution in [3.63, 3.8) is 0 Å². The van der Waals surface area contributed by atoms with E-state index in [9.17, 15) is 4.79 Å². The van der Waals surface area contributed by atoms with E-state index < -0.39 is 5.91 Å². The lowest BCUT2D eigenvalue weighted by Crippen LogP contribution is -2.18. The molecule has 1 amide bonds. The van der Waals surface area contributed by atoms with Gasteiger partial charge in [-0.2, -0.15) is 0 Å². The van der Waals surface area contributed by atoms with Crippen LogP contribution in [0.5, 0.6) is 5.75 Å². The first-order valence-electron chi connectivity index (χ1n) is 9.78. The Morgan fingerprint density at radius 3 is 2.42 bits per heavy atom. The normalized spacial score (nSPS) is 10.7. The summed E-state index contributed by atoms with van der Waals surface area (Å²) >= 11 is 0. The van der Waals surface area contributed by atoms with Crippen molar-refractivity contribution in [3.8, 4) is 5.75 Å². The van der Waals surface area contributed by atoms with E-state index in [1.54, 1.807) is 29.7 Å². The highest BCUT2D eigenvalue weighted by molar-refractivity contribution is 5.93. The number of hydroxylamine groups is 1. The van der Waals surface area contributed by atoms with Gasteiger partial charge in [0.1, 0.15) is 24.0 Å². The Kier molecular flexibility index (Phi) is 5.77. The summed E-state index contributed by atoms with van der Waals surface area (Å²) in [6.45, 7) is 2.26. The molecule has 0 aliphatic heterocycles. The summed E-state index contributed by atoms with van der Waals surface area (Å²) in [5.41, 5.74) is 4.81. The van der Waals surface area contributed by atoms with Crippen LogP contribution in [-0.2, 0) is 6.61 Å². The molecular weight excluding hydrogens is 392 g/mol. The maximum atomic E-state index is 11.4. The van der Waals surface area contributed by atoms with Gasteiger partial charge < -0.3 is 9.64 Å².